The maximum atomic E-state index is 15.5. The van der Waals surface area contributed by atoms with Gasteiger partial charge in [-0.3, -0.25) is 19.2 Å². The van der Waals surface area contributed by atoms with Gasteiger partial charge in [0.2, 0.25) is 5.91 Å². The predicted octanol–water partition coefficient (Wildman–Crippen LogP) is 4.43. The molecule has 22 nitrogen and oxygen atoms in total. The minimum atomic E-state index is -2.18. The van der Waals surface area contributed by atoms with Crippen molar-refractivity contribution >= 4 is 41.4 Å². The first-order valence-electron chi connectivity index (χ1n) is 31.9. The number of aliphatic hydroxyl groups is 5. The van der Waals surface area contributed by atoms with Crippen molar-refractivity contribution in [2.24, 2.45) is 50.2 Å². The molecule has 2 heterocycles. The third kappa shape index (κ3) is 12.6. The molecule has 0 unspecified atom stereocenters. The third-order valence-electron chi connectivity index (χ3n) is 23.0. The van der Waals surface area contributed by atoms with E-state index in [9.17, 15) is 69.6 Å². The number of carboxylic acids is 3. The van der Waals surface area contributed by atoms with Gasteiger partial charge in [-0.1, -0.05) is 145 Å². The number of allylic oxidation sites excluding steroid dienone is 2. The second kappa shape index (κ2) is 25.8. The molecular weight excluding hydrogens is 1170 g/mol. The molecule has 4 saturated carbocycles. The molecule has 2 aliphatic heterocycles. The lowest BCUT2D eigenvalue weighted by molar-refractivity contribution is -0.369. The fourth-order valence-corrected chi connectivity index (χ4v) is 17.4. The van der Waals surface area contributed by atoms with Gasteiger partial charge in [-0.25, -0.2) is 14.4 Å². The summed E-state index contributed by atoms with van der Waals surface area (Å²) in [5, 5.41) is 96.1. The van der Waals surface area contributed by atoms with E-state index in [4.69, 9.17) is 18.9 Å². The highest BCUT2D eigenvalue weighted by Crippen LogP contribution is 2.75. The lowest BCUT2D eigenvalue weighted by atomic mass is 9.33. The molecule has 3 aromatic carbocycles. The summed E-state index contributed by atoms with van der Waals surface area (Å²) in [5.41, 5.74) is -0.732. The molecule has 10 rings (SSSR count). The molecule has 0 bridgehead atoms. The Kier molecular flexibility index (Phi) is 19.1. The summed E-state index contributed by atoms with van der Waals surface area (Å²) in [4.78, 5) is 95.8. The molecule has 0 radical (unpaired) electrons. The molecule has 0 aromatic heterocycles. The Hall–Kier alpha value is -6.47. The Labute approximate surface area is 529 Å². The second-order valence-corrected chi connectivity index (χ2v) is 28.9. The Balaban J connectivity index is 0.914. The topological polar surface area (TPSA) is 354 Å². The molecule has 5 aliphatic carbocycles. The fourth-order valence-electron chi connectivity index (χ4n) is 17.4. The van der Waals surface area contributed by atoms with Crippen molar-refractivity contribution in [2.45, 2.75) is 211 Å². The molecule has 3 aromatic rings. The van der Waals surface area contributed by atoms with E-state index in [-0.39, 0.29) is 54.6 Å². The number of hydrogen-bond acceptors (Lipinski definition) is 16. The van der Waals surface area contributed by atoms with E-state index in [1.165, 1.54) is 0 Å². The van der Waals surface area contributed by atoms with E-state index in [1.54, 1.807) is 60.7 Å². The summed E-state index contributed by atoms with van der Waals surface area (Å²) < 4.78 is 25.3. The van der Waals surface area contributed by atoms with E-state index in [1.807, 2.05) is 57.2 Å². The van der Waals surface area contributed by atoms with Crippen molar-refractivity contribution in [1.82, 2.24) is 16.0 Å². The molecule has 22 heteroatoms. The Bertz CT molecular complexity index is 3240. The van der Waals surface area contributed by atoms with Crippen LogP contribution >= 0.6 is 0 Å². The van der Waals surface area contributed by atoms with Crippen molar-refractivity contribution in [1.29, 1.82) is 0 Å². The van der Waals surface area contributed by atoms with E-state index >= 15 is 4.79 Å². The number of ether oxygens (including phenoxy) is 4. The van der Waals surface area contributed by atoms with Crippen LogP contribution in [0, 0.1) is 50.2 Å². The number of carboxylic acid groups (broad SMARTS) is 3. The summed E-state index contributed by atoms with van der Waals surface area (Å²) in [6.07, 6.45) is -14.6. The van der Waals surface area contributed by atoms with Crippen molar-refractivity contribution in [3.05, 3.63) is 119 Å². The van der Waals surface area contributed by atoms with E-state index in [0.29, 0.717) is 49.7 Å². The summed E-state index contributed by atoms with van der Waals surface area (Å²) in [5.74, 6) is -7.48. The monoisotopic (exact) mass is 1260 g/mol. The first kappa shape index (κ1) is 67.4. The quantitative estimate of drug-likeness (QED) is 0.0740. The number of rotatable bonds is 19. The smallest absolute Gasteiger partial charge is 0.326 e. The summed E-state index contributed by atoms with van der Waals surface area (Å²) >= 11 is 0. The first-order chi connectivity index (χ1) is 42.9. The van der Waals surface area contributed by atoms with Crippen LogP contribution in [0.3, 0.4) is 0 Å². The number of carbonyl (C=O) groups excluding carboxylic acids is 4. The maximum Gasteiger partial charge on any atom is 0.326 e. The Morgan fingerprint density at radius 1 is 0.549 bits per heavy atom. The normalized spacial score (nSPS) is 38.5. The zero-order chi connectivity index (χ0) is 65.9. The largest absolute Gasteiger partial charge is 0.480 e. The second-order valence-electron chi connectivity index (χ2n) is 28.9. The van der Waals surface area contributed by atoms with Crippen LogP contribution in [0.1, 0.15) is 123 Å². The summed E-state index contributed by atoms with van der Waals surface area (Å²) in [6, 6.07) is 21.8. The number of ketones is 1. The molecule has 0 spiro atoms. The average molecular weight is 1260 g/mol. The summed E-state index contributed by atoms with van der Waals surface area (Å²) in [7, 11) is 0. The lowest BCUT2D eigenvalue weighted by Gasteiger charge is -2.70. The van der Waals surface area contributed by atoms with Crippen LogP contribution in [0.2, 0.25) is 0 Å². The van der Waals surface area contributed by atoms with Crippen molar-refractivity contribution < 1.29 is 93.4 Å². The zero-order valence-corrected chi connectivity index (χ0v) is 52.6. The molecule has 7 aliphatic rings. The van der Waals surface area contributed by atoms with Gasteiger partial charge in [0.25, 0.3) is 11.8 Å². The van der Waals surface area contributed by atoms with Gasteiger partial charge in [-0.2, -0.15) is 0 Å². The minimum Gasteiger partial charge on any atom is -0.480 e. The highest BCUT2D eigenvalue weighted by atomic mass is 16.8. The highest BCUT2D eigenvalue weighted by molar-refractivity contribution is 5.96. The maximum absolute atomic E-state index is 15.5. The van der Waals surface area contributed by atoms with Crippen LogP contribution in [-0.4, -0.2) is 168 Å². The number of hydrogen-bond donors (Lipinski definition) is 11. The predicted molar refractivity (Wildman–Crippen MR) is 326 cm³/mol. The molecule has 11 N–H and O–H groups in total. The lowest BCUT2D eigenvalue weighted by Crippen LogP contribution is -2.69. The molecule has 6 fully saturated rings. The van der Waals surface area contributed by atoms with Crippen molar-refractivity contribution in [3.63, 3.8) is 0 Å². The van der Waals surface area contributed by atoms with Crippen LogP contribution in [0.25, 0.3) is 0 Å². The van der Waals surface area contributed by atoms with Crippen LogP contribution in [0.5, 0.6) is 0 Å². The molecule has 494 valence electrons. The van der Waals surface area contributed by atoms with E-state index in [0.717, 1.165) is 24.0 Å². The van der Waals surface area contributed by atoms with Gasteiger partial charge in [0, 0.05) is 30.6 Å². The van der Waals surface area contributed by atoms with Gasteiger partial charge in [-0.15, -0.1) is 0 Å². The van der Waals surface area contributed by atoms with Crippen LogP contribution < -0.4 is 16.0 Å². The Morgan fingerprint density at radius 2 is 1.02 bits per heavy atom. The molecule has 22 atom stereocenters. The van der Waals surface area contributed by atoms with Gasteiger partial charge in [0.15, 0.2) is 30.6 Å². The summed E-state index contributed by atoms with van der Waals surface area (Å²) in [6.45, 7) is 14.8. The van der Waals surface area contributed by atoms with E-state index < -0.39 is 148 Å². The van der Waals surface area contributed by atoms with Gasteiger partial charge >= 0.3 is 17.9 Å². The number of carbonyl (C=O) groups is 7. The Morgan fingerprint density at radius 3 is 1.53 bits per heavy atom. The standard InChI is InChI=1S/C69H89N3O19/c1-64(2)45-23-26-69(7)55(44(73)34-39-40-35-66(4,28-27-65(40,3)29-30-68(39,69)6)63(87)72-43(60(85)86)33-38-21-15-10-16-22-38)67(45,5)25-24-46(64)88-62-54(50(77)49(76)53(90-62)57(80)71-42(59(83)84)32-37-19-13-9-14-20-37)91-61-51(78)47(74)48(75)52(89-61)56(79)70-41(58(81)82)31-36-17-11-8-12-18-36/h8-22,34,40-43,45-55,61-62,74-78H,23-33,35H2,1-7H3,(H,70,79)(H,71,80)(H,72,87)(H,81,82)(H,83,84)(H,85,86)/t40-,41-,42-,43-,45-,46-,47-,48-,49-,50-,51+,52-,53-,54+,55+,61-,62-,65+,66-,67-,68+,69+/m0/s1. The third-order valence-corrected chi connectivity index (χ3v) is 23.0. The van der Waals surface area contributed by atoms with Gasteiger partial charge in [-0.05, 0) is 119 Å². The molecular formula is C69H89N3O19. The van der Waals surface area contributed by atoms with E-state index in [2.05, 4.69) is 43.6 Å². The van der Waals surface area contributed by atoms with Gasteiger partial charge in [0.1, 0.15) is 54.7 Å². The first-order valence-corrected chi connectivity index (χ1v) is 31.9. The molecule has 2 saturated heterocycles. The number of aliphatic carboxylic acids is 3. The number of fused-ring (bicyclic) bond motifs is 7. The number of nitrogens with one attached hydrogen (secondary N) is 3. The van der Waals surface area contributed by atoms with Crippen molar-refractivity contribution in [3.8, 4) is 0 Å². The van der Waals surface area contributed by atoms with Crippen LogP contribution in [0.4, 0.5) is 0 Å². The van der Waals surface area contributed by atoms with Crippen LogP contribution in [-0.2, 0) is 71.8 Å². The van der Waals surface area contributed by atoms with Crippen molar-refractivity contribution in [2.75, 3.05) is 0 Å². The van der Waals surface area contributed by atoms with Gasteiger partial charge in [0.05, 0.1) is 6.10 Å². The van der Waals surface area contributed by atoms with Gasteiger partial charge < -0.3 is 75.8 Å². The molecule has 3 amide bonds. The minimum absolute atomic E-state index is 0.00546. The fraction of sp³-hybridized carbons (Fsp3) is 0.609. The zero-order valence-electron chi connectivity index (χ0n) is 52.6. The number of aliphatic hydroxyl groups excluding tert-OH is 5. The highest BCUT2D eigenvalue weighted by Gasteiger charge is 2.71. The molecule has 91 heavy (non-hydrogen) atoms. The van der Waals surface area contributed by atoms with Crippen LogP contribution in [0.15, 0.2) is 103 Å². The number of benzene rings is 3. The SMILES string of the molecule is CC1(C)[C@@H](O[C@H]2O[C@H](C(=O)N[C@@H](Cc3ccccc3)C(=O)O)[C@@H](O)[C@H](O)[C@H]2O[C@@H]2O[C@H](C(=O)N[C@@H](Cc3ccccc3)C(=O)O)[C@@H](O)[C@H](O)[C@H]2O)CC[C@]2(C)[C@H]3C(=O)C=C4[C@@H]5C[C@@](C)(C(=O)N[C@@H](Cc6ccccc6)C(=O)O)CC[C@]5(C)CC[C@@]4(C)[C@]3(C)CC[C@@H]12. The number of amides is 3. The average Bonchev–Trinajstić information content (AvgIpc) is 0.674.